The van der Waals surface area contributed by atoms with Gasteiger partial charge in [0.1, 0.15) is 0 Å². The van der Waals surface area contributed by atoms with Crippen molar-refractivity contribution in [2.45, 2.75) is 89.9 Å². The molecule has 2 aliphatic carbocycles. The normalized spacial score (nSPS) is 18.9. The molecule has 2 saturated carbocycles. The average Bonchev–Trinajstić information content (AvgIpc) is 2.93. The van der Waals surface area contributed by atoms with Gasteiger partial charge in [0.25, 0.3) is 0 Å². The van der Waals surface area contributed by atoms with E-state index in [9.17, 15) is 9.90 Å². The largest absolute Gasteiger partial charge is 0.469 e. The molecule has 1 N–H and O–H groups in total. The Hall–Kier alpha value is -2.13. The zero-order chi connectivity index (χ0) is 24.1. The number of hydrogen-bond donors (Lipinski definition) is 1. The molecule has 0 atom stereocenters. The molecular formula is C31H44O3. The van der Waals surface area contributed by atoms with E-state index in [1.165, 1.54) is 56.8 Å². The van der Waals surface area contributed by atoms with Gasteiger partial charge in [0.05, 0.1) is 12.5 Å². The molecular weight excluding hydrogens is 420 g/mol. The fourth-order valence-corrected chi connectivity index (χ4v) is 5.87. The van der Waals surface area contributed by atoms with E-state index in [4.69, 9.17) is 4.74 Å². The number of esters is 1. The van der Waals surface area contributed by atoms with Gasteiger partial charge in [-0.3, -0.25) is 4.79 Å². The molecule has 3 nitrogen and oxygen atoms in total. The number of carbonyl (C=O) groups excluding carboxylic acids is 1. The zero-order valence-corrected chi connectivity index (χ0v) is 21.1. The highest BCUT2D eigenvalue weighted by molar-refractivity contribution is 5.76. The van der Waals surface area contributed by atoms with E-state index in [1.807, 2.05) is 6.07 Å². The highest BCUT2D eigenvalue weighted by Crippen LogP contribution is 2.41. The molecule has 34 heavy (non-hydrogen) atoms. The lowest BCUT2D eigenvalue weighted by Crippen LogP contribution is -2.35. The summed E-state index contributed by atoms with van der Waals surface area (Å²) in [4.78, 5) is 12.1. The van der Waals surface area contributed by atoms with Gasteiger partial charge in [0.15, 0.2) is 0 Å². The van der Waals surface area contributed by atoms with Gasteiger partial charge in [-0.15, -0.1) is 0 Å². The first-order valence-electron chi connectivity index (χ1n) is 13.4. The summed E-state index contributed by atoms with van der Waals surface area (Å²) in [6.07, 6.45) is 16.1. The summed E-state index contributed by atoms with van der Waals surface area (Å²) in [5, 5.41) is 9.62. The molecule has 0 aliphatic heterocycles. The molecule has 0 heterocycles. The number of carbonyl (C=O) groups is 1. The van der Waals surface area contributed by atoms with Crippen LogP contribution >= 0.6 is 0 Å². The molecule has 0 unspecified atom stereocenters. The van der Waals surface area contributed by atoms with Crippen LogP contribution in [0.1, 0.15) is 88.2 Å². The monoisotopic (exact) mass is 464 g/mol. The minimum atomic E-state index is -0.219. The lowest BCUT2D eigenvalue weighted by atomic mass is 9.70. The maximum absolute atomic E-state index is 12.1. The first-order chi connectivity index (χ1) is 16.6. The van der Waals surface area contributed by atoms with Crippen molar-refractivity contribution >= 4 is 5.97 Å². The fourth-order valence-electron chi connectivity index (χ4n) is 5.87. The summed E-state index contributed by atoms with van der Waals surface area (Å²) in [7, 11) is 1.52. The number of ether oxygens (including phenoxy) is 1. The van der Waals surface area contributed by atoms with Crippen LogP contribution in [0.15, 0.2) is 60.7 Å². The van der Waals surface area contributed by atoms with Crippen LogP contribution in [0.5, 0.6) is 0 Å². The Kier molecular flexibility index (Phi) is 10.7. The Morgan fingerprint density at radius 2 is 1.21 bits per heavy atom. The van der Waals surface area contributed by atoms with Gasteiger partial charge < -0.3 is 9.84 Å². The summed E-state index contributed by atoms with van der Waals surface area (Å²) >= 11 is 0. The van der Waals surface area contributed by atoms with E-state index < -0.39 is 0 Å². The molecule has 0 bridgehead atoms. The van der Waals surface area contributed by atoms with Crippen molar-refractivity contribution in [2.24, 2.45) is 10.8 Å². The van der Waals surface area contributed by atoms with E-state index in [1.54, 1.807) is 0 Å². The number of aryl methyl sites for hydroxylation is 2. The van der Waals surface area contributed by atoms with Gasteiger partial charge in [-0.1, -0.05) is 99.2 Å². The van der Waals surface area contributed by atoms with Crippen molar-refractivity contribution in [1.82, 2.24) is 0 Å². The molecule has 2 aliphatic rings. The summed E-state index contributed by atoms with van der Waals surface area (Å²) in [6, 6.07) is 21.0. The first kappa shape index (κ1) is 26.5. The quantitative estimate of drug-likeness (QED) is 0.417. The fraction of sp³-hybridized carbons (Fsp3) is 0.581. The third-order valence-electron chi connectivity index (χ3n) is 8.20. The Morgan fingerprint density at radius 1 is 0.735 bits per heavy atom. The van der Waals surface area contributed by atoms with Crippen molar-refractivity contribution in [3.63, 3.8) is 0 Å². The average molecular weight is 465 g/mol. The number of hydrogen-bond acceptors (Lipinski definition) is 3. The molecule has 3 heteroatoms. The van der Waals surface area contributed by atoms with E-state index in [0.717, 1.165) is 51.4 Å². The Bertz CT molecular complexity index is 818. The zero-order valence-electron chi connectivity index (χ0n) is 21.1. The van der Waals surface area contributed by atoms with Crippen LogP contribution in [-0.2, 0) is 22.4 Å². The lowest BCUT2D eigenvalue weighted by molar-refractivity contribution is -0.155. The van der Waals surface area contributed by atoms with Crippen molar-refractivity contribution in [2.75, 3.05) is 13.7 Å². The van der Waals surface area contributed by atoms with Gasteiger partial charge in [-0.25, -0.2) is 0 Å². The number of methoxy groups -OCH3 is 1. The van der Waals surface area contributed by atoms with Crippen LogP contribution < -0.4 is 0 Å². The molecule has 4 rings (SSSR count). The molecule has 2 aromatic rings. The minimum Gasteiger partial charge on any atom is -0.469 e. The molecule has 0 aromatic heterocycles. The van der Waals surface area contributed by atoms with Crippen LogP contribution in [0.25, 0.3) is 0 Å². The van der Waals surface area contributed by atoms with Gasteiger partial charge >= 0.3 is 5.97 Å². The lowest BCUT2D eigenvalue weighted by Gasteiger charge is -2.35. The van der Waals surface area contributed by atoms with Crippen molar-refractivity contribution in [3.8, 4) is 0 Å². The second kappa shape index (κ2) is 13.7. The van der Waals surface area contributed by atoms with Crippen LogP contribution in [-0.4, -0.2) is 24.8 Å². The van der Waals surface area contributed by atoms with Gasteiger partial charge in [-0.2, -0.15) is 0 Å². The first-order valence-corrected chi connectivity index (χ1v) is 13.4. The van der Waals surface area contributed by atoms with Crippen LogP contribution in [0.4, 0.5) is 0 Å². The summed E-state index contributed by atoms with van der Waals surface area (Å²) < 4.78 is 5.04. The summed E-state index contributed by atoms with van der Waals surface area (Å²) in [6.45, 7) is 0.375. The van der Waals surface area contributed by atoms with Gasteiger partial charge in [-0.05, 0) is 67.9 Å². The number of rotatable bonds is 8. The number of benzene rings is 2. The topological polar surface area (TPSA) is 46.5 Å². The van der Waals surface area contributed by atoms with Gasteiger partial charge in [0, 0.05) is 6.61 Å². The number of aliphatic hydroxyl groups is 1. The van der Waals surface area contributed by atoms with Crippen LogP contribution in [0.2, 0.25) is 0 Å². The van der Waals surface area contributed by atoms with Crippen molar-refractivity contribution < 1.29 is 14.6 Å². The van der Waals surface area contributed by atoms with E-state index >= 15 is 0 Å². The highest BCUT2D eigenvalue weighted by Gasteiger charge is 2.39. The van der Waals surface area contributed by atoms with Crippen LogP contribution in [0.3, 0.4) is 0 Å². The second-order valence-corrected chi connectivity index (χ2v) is 10.5. The molecule has 0 radical (unpaired) electrons. The Balaban J connectivity index is 0.000000192. The molecule has 0 saturated heterocycles. The smallest absolute Gasteiger partial charge is 0.311 e. The number of aliphatic hydroxyl groups excluding tert-OH is 1. The maximum Gasteiger partial charge on any atom is 0.311 e. The summed E-state index contributed by atoms with van der Waals surface area (Å²) in [5.41, 5.74) is 2.73. The highest BCUT2D eigenvalue weighted by atomic mass is 16.5. The molecule has 0 amide bonds. The minimum absolute atomic E-state index is 0.00173. The van der Waals surface area contributed by atoms with E-state index in [0.29, 0.717) is 6.61 Å². The van der Waals surface area contributed by atoms with Crippen molar-refractivity contribution in [1.29, 1.82) is 0 Å². The maximum atomic E-state index is 12.1. The summed E-state index contributed by atoms with van der Waals surface area (Å²) in [5.74, 6) is -0.00173. The standard InChI is InChI=1S/C16H22O2.C15H22O/c1-18-15(17)16(11-6-3-7-12-16)13-10-14-8-4-2-5-9-14;16-13-15(10-5-2-6-11-15)12-9-14-7-3-1-4-8-14/h2,4-5,8-9H,3,6-7,10-13H2,1H3;1,3-4,7-8,16H,2,5-6,9-13H2. The second-order valence-electron chi connectivity index (χ2n) is 10.5. The molecule has 2 fully saturated rings. The predicted octanol–water partition coefficient (Wildman–Crippen LogP) is 7.30. The predicted molar refractivity (Wildman–Crippen MR) is 140 cm³/mol. The molecule has 186 valence electrons. The van der Waals surface area contributed by atoms with Gasteiger partial charge in [0.2, 0.25) is 0 Å². The van der Waals surface area contributed by atoms with Crippen molar-refractivity contribution in [3.05, 3.63) is 71.8 Å². The Morgan fingerprint density at radius 3 is 1.68 bits per heavy atom. The van der Waals surface area contributed by atoms with E-state index in [-0.39, 0.29) is 16.8 Å². The van der Waals surface area contributed by atoms with E-state index in [2.05, 4.69) is 54.6 Å². The molecule has 2 aromatic carbocycles. The molecule has 0 spiro atoms. The SMILES string of the molecule is COC(=O)C1(CCc2ccccc2)CCCCC1.OCC1(CCc2ccccc2)CCCCC1. The Labute approximate surface area is 206 Å². The third-order valence-corrected chi connectivity index (χ3v) is 8.20. The third kappa shape index (κ3) is 7.70. The van der Waals surface area contributed by atoms with Crippen LogP contribution in [0, 0.1) is 10.8 Å².